The van der Waals surface area contributed by atoms with Gasteiger partial charge in [0.05, 0.1) is 6.61 Å². The molecule has 0 aromatic carbocycles. The van der Waals surface area contributed by atoms with Crippen LogP contribution in [0.3, 0.4) is 0 Å². The fraction of sp³-hybridized carbons (Fsp3) is 0.917. The highest BCUT2D eigenvalue weighted by Crippen LogP contribution is 2.09. The molecule has 0 heterocycles. The lowest BCUT2D eigenvalue weighted by atomic mass is 10.1. The van der Waals surface area contributed by atoms with Crippen LogP contribution in [0.25, 0.3) is 0 Å². The molecule has 0 spiro atoms. The summed E-state index contributed by atoms with van der Waals surface area (Å²) in [6.45, 7) is 2.78. The molecule has 0 N–H and O–H groups in total. The first-order valence-electron chi connectivity index (χ1n) is 6.47. The van der Waals surface area contributed by atoms with Crippen LogP contribution in [-0.4, -0.2) is 13.1 Å². The van der Waals surface area contributed by atoms with Gasteiger partial charge in [-0.2, -0.15) is 0 Å². The van der Waals surface area contributed by atoms with Crippen LogP contribution in [0.15, 0.2) is 0 Å². The second-order valence-corrected chi connectivity index (χ2v) is 3.98. The fourth-order valence-corrected chi connectivity index (χ4v) is 1.56. The van der Waals surface area contributed by atoms with Crippen LogP contribution in [0.2, 0.25) is 0 Å². The van der Waals surface area contributed by atoms with E-state index in [0.717, 1.165) is 12.8 Å². The minimum atomic E-state index is 0.113. The van der Waals surface area contributed by atoms with Crippen molar-refractivity contribution in [2.24, 2.45) is 0 Å². The lowest BCUT2D eigenvalue weighted by Gasteiger charge is -2.01. The molecule has 0 fully saturated rings. The van der Waals surface area contributed by atoms with Gasteiger partial charge in [-0.1, -0.05) is 58.3 Å². The van der Waals surface area contributed by atoms with Gasteiger partial charge in [-0.25, -0.2) is 4.89 Å². The van der Waals surface area contributed by atoms with E-state index in [1.165, 1.54) is 44.9 Å². The summed E-state index contributed by atoms with van der Waals surface area (Å²) < 4.78 is 0. The fourth-order valence-electron chi connectivity index (χ4n) is 1.56. The van der Waals surface area contributed by atoms with Gasteiger partial charge >= 0.3 is 6.47 Å². The normalized spacial score (nSPS) is 10.4. The minimum Gasteiger partial charge on any atom is -0.270 e. The summed E-state index contributed by atoms with van der Waals surface area (Å²) in [5, 5.41) is 7.97. The van der Waals surface area contributed by atoms with E-state index in [0.29, 0.717) is 6.61 Å². The smallest absolute Gasteiger partial charge is 0.270 e. The molecule has 17 heavy (non-hydrogen) atoms. The van der Waals surface area contributed by atoms with E-state index < -0.39 is 0 Å². The number of unbranched alkanes of at least 4 members (excludes halogenated alkanes) is 8. The molecule has 0 atom stereocenters. The second kappa shape index (κ2) is 15.4. The van der Waals surface area contributed by atoms with Gasteiger partial charge < -0.3 is 0 Å². The molecule has 102 valence electrons. The number of rotatable bonds is 14. The standard InChI is InChI=1S/C12H24O5/c1-2-3-4-5-6-7-8-9-10-11-14-16-17-15-12-13/h12H,2-11H2,1H3. The molecular weight excluding hydrogens is 224 g/mol. The molecule has 0 saturated carbocycles. The van der Waals surface area contributed by atoms with E-state index in [9.17, 15) is 4.79 Å². The van der Waals surface area contributed by atoms with Crippen molar-refractivity contribution in [3.05, 3.63) is 0 Å². The molecule has 0 aliphatic heterocycles. The van der Waals surface area contributed by atoms with Crippen LogP contribution in [0, 0.1) is 0 Å². The number of hydrogen-bond acceptors (Lipinski definition) is 5. The van der Waals surface area contributed by atoms with Crippen molar-refractivity contribution >= 4 is 6.47 Å². The summed E-state index contributed by atoms with van der Waals surface area (Å²) >= 11 is 0. The van der Waals surface area contributed by atoms with Crippen LogP contribution in [0.1, 0.15) is 64.7 Å². The molecule has 0 aliphatic carbocycles. The maximum absolute atomic E-state index is 9.62. The monoisotopic (exact) mass is 248 g/mol. The Balaban J connectivity index is 2.87. The largest absolute Gasteiger partial charge is 0.334 e. The van der Waals surface area contributed by atoms with E-state index in [1.807, 2.05) is 0 Å². The van der Waals surface area contributed by atoms with Gasteiger partial charge in [-0.15, -0.1) is 0 Å². The van der Waals surface area contributed by atoms with Crippen LogP contribution in [-0.2, 0) is 24.6 Å². The summed E-state index contributed by atoms with van der Waals surface area (Å²) in [5.74, 6) is 0. The molecule has 0 amide bonds. The maximum Gasteiger partial charge on any atom is 0.334 e. The Hall–Kier alpha value is -0.650. The van der Waals surface area contributed by atoms with E-state index >= 15 is 0 Å². The van der Waals surface area contributed by atoms with E-state index in [-0.39, 0.29) is 6.47 Å². The summed E-state index contributed by atoms with van der Waals surface area (Å²) in [5.41, 5.74) is 0. The third kappa shape index (κ3) is 15.4. The first-order valence-corrected chi connectivity index (χ1v) is 6.47. The van der Waals surface area contributed by atoms with Crippen LogP contribution in [0.5, 0.6) is 0 Å². The summed E-state index contributed by atoms with van der Waals surface area (Å²) in [6, 6.07) is 0. The van der Waals surface area contributed by atoms with Crippen LogP contribution >= 0.6 is 0 Å². The van der Waals surface area contributed by atoms with Gasteiger partial charge in [0, 0.05) is 5.04 Å². The zero-order chi connectivity index (χ0) is 12.6. The van der Waals surface area contributed by atoms with E-state index in [2.05, 4.69) is 26.8 Å². The van der Waals surface area contributed by atoms with Crippen molar-refractivity contribution < 1.29 is 24.6 Å². The highest BCUT2D eigenvalue weighted by atomic mass is 17.7. The Morgan fingerprint density at radius 3 is 2.00 bits per heavy atom. The SMILES string of the molecule is CCCCCCCCCCCOOOOC=O. The van der Waals surface area contributed by atoms with E-state index in [4.69, 9.17) is 0 Å². The molecule has 0 radical (unpaired) electrons. The lowest BCUT2D eigenvalue weighted by molar-refractivity contribution is -0.615. The summed E-state index contributed by atoms with van der Waals surface area (Å²) in [7, 11) is 0. The number of carbonyl (C=O) groups excluding carboxylic acids is 1. The molecule has 0 aliphatic rings. The maximum atomic E-state index is 9.62. The zero-order valence-electron chi connectivity index (χ0n) is 10.7. The molecule has 0 rings (SSSR count). The predicted octanol–water partition coefficient (Wildman–Crippen LogP) is 3.49. The number of hydrogen-bond donors (Lipinski definition) is 0. The van der Waals surface area contributed by atoms with Gasteiger partial charge in [0.2, 0.25) is 0 Å². The van der Waals surface area contributed by atoms with Gasteiger partial charge in [-0.3, -0.25) is 9.68 Å². The van der Waals surface area contributed by atoms with Crippen molar-refractivity contribution in [2.75, 3.05) is 6.61 Å². The molecule has 0 unspecified atom stereocenters. The molecule has 5 nitrogen and oxygen atoms in total. The molecule has 0 aromatic heterocycles. The first kappa shape index (κ1) is 16.4. The molecule has 5 heteroatoms. The summed E-state index contributed by atoms with van der Waals surface area (Å²) in [4.78, 5) is 18.0. The van der Waals surface area contributed by atoms with Crippen LogP contribution in [0.4, 0.5) is 0 Å². The van der Waals surface area contributed by atoms with Gasteiger partial charge in [-0.05, 0) is 11.5 Å². The Labute approximate surface area is 103 Å². The van der Waals surface area contributed by atoms with Crippen molar-refractivity contribution in [1.29, 1.82) is 0 Å². The van der Waals surface area contributed by atoms with Gasteiger partial charge in [0.25, 0.3) is 0 Å². The predicted molar refractivity (Wildman–Crippen MR) is 62.5 cm³/mol. The zero-order valence-corrected chi connectivity index (χ0v) is 10.7. The van der Waals surface area contributed by atoms with Crippen LogP contribution < -0.4 is 0 Å². The van der Waals surface area contributed by atoms with Crippen molar-refractivity contribution in [2.45, 2.75) is 64.7 Å². The lowest BCUT2D eigenvalue weighted by Crippen LogP contribution is -1.98. The Morgan fingerprint density at radius 1 is 0.824 bits per heavy atom. The topological polar surface area (TPSA) is 54.0 Å². The Bertz CT molecular complexity index is 152. The van der Waals surface area contributed by atoms with Gasteiger partial charge in [0.15, 0.2) is 0 Å². The Kier molecular flexibility index (Phi) is 14.8. The molecule has 0 aromatic rings. The summed E-state index contributed by atoms with van der Waals surface area (Å²) in [6.07, 6.45) is 11.2. The number of carbonyl (C=O) groups is 1. The average molecular weight is 248 g/mol. The third-order valence-corrected chi connectivity index (χ3v) is 2.49. The van der Waals surface area contributed by atoms with Crippen molar-refractivity contribution in [3.8, 4) is 0 Å². The Morgan fingerprint density at radius 2 is 1.41 bits per heavy atom. The van der Waals surface area contributed by atoms with Crippen molar-refractivity contribution in [3.63, 3.8) is 0 Å². The highest BCUT2D eigenvalue weighted by Gasteiger charge is 1.93. The first-order chi connectivity index (χ1) is 8.41. The molecule has 0 bridgehead atoms. The van der Waals surface area contributed by atoms with Gasteiger partial charge in [0.1, 0.15) is 0 Å². The molecule has 0 saturated heterocycles. The van der Waals surface area contributed by atoms with Crippen molar-refractivity contribution in [1.82, 2.24) is 0 Å². The van der Waals surface area contributed by atoms with E-state index in [1.54, 1.807) is 0 Å². The quantitative estimate of drug-likeness (QED) is 0.204. The minimum absolute atomic E-state index is 0.113. The average Bonchev–Trinajstić information content (AvgIpc) is 2.35. The molecular formula is C12H24O5. The second-order valence-electron chi connectivity index (χ2n) is 3.98. The highest BCUT2D eigenvalue weighted by molar-refractivity contribution is 5.35. The third-order valence-electron chi connectivity index (χ3n) is 2.49.